The number of H-pyrrole nitrogens is 1. The van der Waals surface area contributed by atoms with Crippen LogP contribution < -0.4 is 15.3 Å². The molecule has 2 aromatic heterocycles. The Morgan fingerprint density at radius 1 is 1.21 bits per heavy atom. The van der Waals surface area contributed by atoms with Gasteiger partial charge in [-0.15, -0.1) is 0 Å². The number of hydrogen-bond donors (Lipinski definition) is 2. The van der Waals surface area contributed by atoms with Crippen LogP contribution in [-0.4, -0.2) is 52.7 Å². The maximum absolute atomic E-state index is 5.57. The first-order valence-electron chi connectivity index (χ1n) is 11.0. The number of hydrazine groups is 1. The second-order valence-corrected chi connectivity index (χ2v) is 8.27. The topological polar surface area (TPSA) is 72.6 Å². The molecule has 0 saturated carbocycles. The number of hydrogen-bond acceptors (Lipinski definition) is 7. The fourth-order valence-corrected chi connectivity index (χ4v) is 4.15. The van der Waals surface area contributed by atoms with Gasteiger partial charge in [0.05, 0.1) is 24.9 Å². The summed E-state index contributed by atoms with van der Waals surface area (Å²) >= 11 is 0. The molecule has 0 amide bonds. The Morgan fingerprint density at radius 2 is 2.03 bits per heavy atom. The minimum atomic E-state index is 0. The maximum Gasteiger partial charge on any atom is 2.00 e. The number of ether oxygens (including phenoxy) is 1. The Balaban J connectivity index is 0.00000259. The Morgan fingerprint density at radius 3 is 2.79 bits per heavy atom. The van der Waals surface area contributed by atoms with Gasteiger partial charge >= 0.3 is 19.8 Å². The molecule has 0 spiro atoms. The van der Waals surface area contributed by atoms with E-state index in [1.165, 1.54) is 11.1 Å². The van der Waals surface area contributed by atoms with Crippen LogP contribution in [0.1, 0.15) is 23.0 Å². The number of nitrogens with zero attached hydrogens (tertiary/aromatic N) is 5. The molecule has 1 atom stereocenters. The summed E-state index contributed by atoms with van der Waals surface area (Å²) in [6.07, 6.45) is 4.19. The van der Waals surface area contributed by atoms with Gasteiger partial charge in [-0.25, -0.2) is 15.4 Å². The van der Waals surface area contributed by atoms with Crippen molar-refractivity contribution in [3.8, 4) is 0 Å². The second kappa shape index (κ2) is 10.3. The number of morpholine rings is 1. The van der Waals surface area contributed by atoms with E-state index in [0.717, 1.165) is 35.9 Å². The smallest absolute Gasteiger partial charge is 0.478 e. The Hall–Kier alpha value is -2.30. The average Bonchev–Trinajstić information content (AvgIpc) is 3.46. The summed E-state index contributed by atoms with van der Waals surface area (Å²) in [6, 6.07) is 10.8. The van der Waals surface area contributed by atoms with E-state index in [1.807, 2.05) is 16.1 Å². The number of nitrogens with one attached hydrogen (secondary N) is 2. The van der Waals surface area contributed by atoms with Gasteiger partial charge in [0, 0.05) is 31.9 Å². The Bertz CT molecular complexity index is 1130. The van der Waals surface area contributed by atoms with Crippen LogP contribution in [-0.2, 0) is 31.1 Å². The normalized spacial score (nSPS) is 18.4. The molecule has 2 aliphatic heterocycles. The van der Waals surface area contributed by atoms with E-state index in [2.05, 4.69) is 72.6 Å². The van der Waals surface area contributed by atoms with Crippen LogP contribution in [0.25, 0.3) is 11.2 Å². The summed E-state index contributed by atoms with van der Waals surface area (Å²) in [4.78, 5) is 17.3. The standard InChI is InChI=1S/C24H29N7O.Os/c1-4-29(3)16-21-25-23-20(30-10-12-32-13-11-30)15-22(27-24(23)26-21)31-9-8-19(28-31)18-7-5-6-17(2)14-18;/h5-9,14-15,19,28H,1,3-4,10-13,16H2,2H3,(H,25,26,27);/q-2;+2. The Kier molecular flexibility index (Phi) is 7.45. The van der Waals surface area contributed by atoms with Crippen molar-refractivity contribution in [2.45, 2.75) is 19.5 Å². The van der Waals surface area contributed by atoms with Crippen LogP contribution in [0.4, 0.5) is 11.5 Å². The van der Waals surface area contributed by atoms with Crippen LogP contribution in [0.15, 0.2) is 42.6 Å². The third kappa shape index (κ3) is 5.12. The Labute approximate surface area is 208 Å². The van der Waals surface area contributed by atoms with Gasteiger partial charge in [-0.2, -0.15) is 6.54 Å². The van der Waals surface area contributed by atoms with E-state index in [0.29, 0.717) is 32.0 Å². The summed E-state index contributed by atoms with van der Waals surface area (Å²) in [5.41, 5.74) is 8.75. The average molecular weight is 622 g/mol. The second-order valence-electron chi connectivity index (χ2n) is 8.27. The first-order valence-corrected chi connectivity index (χ1v) is 11.0. The molecule has 3 aromatic rings. The molecule has 174 valence electrons. The molecule has 1 unspecified atom stereocenters. The van der Waals surface area contributed by atoms with E-state index in [1.54, 1.807) is 0 Å². The van der Waals surface area contributed by atoms with Crippen LogP contribution in [0.3, 0.4) is 0 Å². The number of aromatic nitrogens is 3. The molecule has 0 radical (unpaired) electrons. The fraction of sp³-hybridized carbons (Fsp3) is 0.333. The number of benzene rings is 1. The minimum absolute atomic E-state index is 0. The van der Waals surface area contributed by atoms with Gasteiger partial charge in [-0.05, 0) is 18.6 Å². The predicted molar refractivity (Wildman–Crippen MR) is 127 cm³/mol. The van der Waals surface area contributed by atoms with Crippen LogP contribution in [0.5, 0.6) is 0 Å². The zero-order valence-electron chi connectivity index (χ0n) is 18.8. The number of imidazole rings is 1. The van der Waals surface area contributed by atoms with E-state index in [4.69, 9.17) is 14.7 Å². The first kappa shape index (κ1) is 23.8. The molecule has 2 N–H and O–H groups in total. The molecule has 8 nitrogen and oxygen atoms in total. The van der Waals surface area contributed by atoms with Gasteiger partial charge in [-0.3, -0.25) is 12.1 Å². The van der Waals surface area contributed by atoms with Crippen molar-refractivity contribution in [3.05, 3.63) is 73.5 Å². The molecule has 1 fully saturated rings. The molecule has 9 heteroatoms. The van der Waals surface area contributed by atoms with Crippen LogP contribution in [0, 0.1) is 20.9 Å². The number of aryl methyl sites for hydroxylation is 1. The molecule has 1 aromatic carbocycles. The fourth-order valence-electron chi connectivity index (χ4n) is 4.15. The van der Waals surface area contributed by atoms with Gasteiger partial charge in [-0.1, -0.05) is 29.8 Å². The molecule has 1 saturated heterocycles. The first-order chi connectivity index (χ1) is 15.6. The summed E-state index contributed by atoms with van der Waals surface area (Å²) in [6.45, 7) is 10.3. The van der Waals surface area contributed by atoms with Crippen molar-refractivity contribution in [3.63, 3.8) is 0 Å². The summed E-state index contributed by atoms with van der Waals surface area (Å²) in [5, 5.41) is 1.98. The third-order valence-electron chi connectivity index (χ3n) is 5.87. The largest absolute Gasteiger partial charge is 2.00 e. The van der Waals surface area contributed by atoms with Crippen molar-refractivity contribution in [1.29, 1.82) is 0 Å². The van der Waals surface area contributed by atoms with Gasteiger partial charge < -0.3 is 26.4 Å². The van der Waals surface area contributed by atoms with E-state index >= 15 is 0 Å². The molecule has 5 rings (SSSR count). The molecule has 2 aliphatic rings. The van der Waals surface area contributed by atoms with Crippen molar-refractivity contribution in [2.24, 2.45) is 0 Å². The molecule has 4 heterocycles. The number of pyridine rings is 1. The van der Waals surface area contributed by atoms with Crippen LogP contribution >= 0.6 is 0 Å². The van der Waals surface area contributed by atoms with Gasteiger partial charge in [0.2, 0.25) is 0 Å². The van der Waals surface area contributed by atoms with Crippen molar-refractivity contribution < 1.29 is 24.5 Å². The van der Waals surface area contributed by atoms with Gasteiger partial charge in [0.15, 0.2) is 11.5 Å². The molecule has 0 aliphatic carbocycles. The van der Waals surface area contributed by atoms with E-state index in [9.17, 15) is 0 Å². The van der Waals surface area contributed by atoms with Gasteiger partial charge in [0.1, 0.15) is 11.3 Å². The zero-order chi connectivity index (χ0) is 22.1. The number of rotatable bonds is 6. The van der Waals surface area contributed by atoms with Crippen molar-refractivity contribution in [2.75, 3.05) is 42.8 Å². The molecule has 33 heavy (non-hydrogen) atoms. The van der Waals surface area contributed by atoms with Crippen molar-refractivity contribution in [1.82, 2.24) is 25.3 Å². The number of anilines is 2. The van der Waals surface area contributed by atoms with Crippen LogP contribution in [0.2, 0.25) is 0 Å². The molecular weight excluding hydrogens is 593 g/mol. The van der Waals surface area contributed by atoms with Gasteiger partial charge in [0.25, 0.3) is 0 Å². The summed E-state index contributed by atoms with van der Waals surface area (Å²) < 4.78 is 5.57. The number of aromatic amines is 1. The third-order valence-corrected chi connectivity index (χ3v) is 5.87. The zero-order valence-corrected chi connectivity index (χ0v) is 21.3. The summed E-state index contributed by atoms with van der Waals surface area (Å²) in [7, 11) is 3.99. The quantitative estimate of drug-likeness (QED) is 0.410. The van der Waals surface area contributed by atoms with Crippen molar-refractivity contribution >= 4 is 22.7 Å². The van der Waals surface area contributed by atoms with E-state index < -0.39 is 0 Å². The SMILES string of the molecule is [CH2-]CN([CH2-])Cc1nc2nc(N3C=CC(c4cccc(C)c4)N3)cc(N3CCOCC3)c2[nH]1.[Os+2]. The minimum Gasteiger partial charge on any atom is -0.478 e. The monoisotopic (exact) mass is 623 g/mol. The maximum atomic E-state index is 5.57. The van der Waals surface area contributed by atoms with E-state index in [-0.39, 0.29) is 25.8 Å². The molecule has 0 bridgehead atoms. The summed E-state index contributed by atoms with van der Waals surface area (Å²) in [5.74, 6) is 1.65. The molecular formula is C24H29N7OOs. The number of fused-ring (bicyclic) bond motifs is 1. The predicted octanol–water partition coefficient (Wildman–Crippen LogP) is 3.11.